The maximum Gasteiger partial charge on any atom is 0.328 e. The van der Waals surface area contributed by atoms with E-state index >= 15 is 0 Å². The number of aliphatic hydroxyl groups excluding tert-OH is 1. The molecule has 5 nitrogen and oxygen atoms in total. The second-order valence-corrected chi connectivity index (χ2v) is 4.09. The molecule has 0 saturated heterocycles. The number of carboxylic acid groups (broad SMARTS) is 1. The molecule has 0 bridgehead atoms. The summed E-state index contributed by atoms with van der Waals surface area (Å²) in [6.45, 7) is 1.30. The van der Waals surface area contributed by atoms with Crippen molar-refractivity contribution in [3.63, 3.8) is 0 Å². The number of nitrogens with one attached hydrogen (secondary N) is 1. The Balaban J connectivity index is 2.75. The molecule has 0 aromatic carbocycles. The van der Waals surface area contributed by atoms with E-state index in [0.717, 1.165) is 5.56 Å². The molecule has 0 saturated carbocycles. The molecule has 0 fully saturated rings. The minimum absolute atomic E-state index is 0.451. The summed E-state index contributed by atoms with van der Waals surface area (Å²) in [5.74, 6) is -1.70. The van der Waals surface area contributed by atoms with Gasteiger partial charge in [0.2, 0.25) is 0 Å². The minimum Gasteiger partial charge on any atom is -0.480 e. The molecule has 1 atom stereocenters. The lowest BCUT2D eigenvalue weighted by Gasteiger charge is -2.11. The lowest BCUT2D eigenvalue weighted by Crippen LogP contribution is -2.43. The topological polar surface area (TPSA) is 86.6 Å². The fourth-order valence-corrected chi connectivity index (χ4v) is 2.12. The molecular formula is C10H13NO4S. The van der Waals surface area contributed by atoms with Gasteiger partial charge in [-0.1, -0.05) is 6.92 Å². The van der Waals surface area contributed by atoms with Crippen LogP contribution in [0.25, 0.3) is 0 Å². The molecule has 0 radical (unpaired) electrons. The minimum atomic E-state index is -1.25. The Labute approximate surface area is 96.7 Å². The lowest BCUT2D eigenvalue weighted by molar-refractivity contribution is -0.140. The second kappa shape index (κ2) is 5.62. The smallest absolute Gasteiger partial charge is 0.328 e. The van der Waals surface area contributed by atoms with Crippen LogP contribution < -0.4 is 5.32 Å². The predicted molar refractivity (Wildman–Crippen MR) is 59.7 cm³/mol. The van der Waals surface area contributed by atoms with Crippen molar-refractivity contribution in [1.29, 1.82) is 0 Å². The molecule has 1 heterocycles. The molecule has 1 aromatic rings. The number of carbonyl (C=O) groups excluding carboxylic acids is 1. The molecule has 0 aliphatic rings. The van der Waals surface area contributed by atoms with E-state index in [-0.39, 0.29) is 0 Å². The van der Waals surface area contributed by atoms with Gasteiger partial charge in [-0.05, 0) is 23.4 Å². The second-order valence-electron chi connectivity index (χ2n) is 3.18. The van der Waals surface area contributed by atoms with Crippen molar-refractivity contribution in [2.45, 2.75) is 19.4 Å². The van der Waals surface area contributed by atoms with E-state index in [0.29, 0.717) is 11.3 Å². The average Bonchev–Trinajstić information content (AvgIpc) is 2.72. The van der Waals surface area contributed by atoms with E-state index in [1.54, 1.807) is 5.38 Å². The van der Waals surface area contributed by atoms with Gasteiger partial charge in [-0.3, -0.25) is 4.79 Å². The van der Waals surface area contributed by atoms with Crippen LogP contribution in [0, 0.1) is 0 Å². The van der Waals surface area contributed by atoms with Gasteiger partial charge in [0.15, 0.2) is 6.04 Å². The van der Waals surface area contributed by atoms with Crippen LogP contribution in [0.5, 0.6) is 0 Å². The lowest BCUT2D eigenvalue weighted by atomic mass is 10.2. The molecule has 0 spiro atoms. The predicted octanol–water partition coefficient (Wildman–Crippen LogP) is 0.486. The van der Waals surface area contributed by atoms with Crippen LogP contribution >= 0.6 is 11.3 Å². The normalized spacial score (nSPS) is 12.1. The van der Waals surface area contributed by atoms with Gasteiger partial charge >= 0.3 is 5.97 Å². The quantitative estimate of drug-likeness (QED) is 0.702. The molecule has 1 aromatic heterocycles. The van der Waals surface area contributed by atoms with Crippen molar-refractivity contribution >= 4 is 23.2 Å². The number of hydrogen-bond donors (Lipinski definition) is 3. The first-order valence-electron chi connectivity index (χ1n) is 4.81. The molecule has 1 rings (SSSR count). The van der Waals surface area contributed by atoms with Gasteiger partial charge in [0.25, 0.3) is 5.91 Å². The zero-order chi connectivity index (χ0) is 12.1. The van der Waals surface area contributed by atoms with Crippen molar-refractivity contribution in [3.8, 4) is 0 Å². The van der Waals surface area contributed by atoms with E-state index in [1.165, 1.54) is 11.3 Å². The summed E-state index contributed by atoms with van der Waals surface area (Å²) in [6, 6.07) is 0.577. The molecule has 6 heteroatoms. The number of amides is 1. The highest BCUT2D eigenvalue weighted by Crippen LogP contribution is 2.17. The van der Waals surface area contributed by atoms with Gasteiger partial charge in [0.05, 0.1) is 11.5 Å². The third kappa shape index (κ3) is 2.80. The fraction of sp³-hybridized carbons (Fsp3) is 0.400. The number of carboxylic acids is 1. The number of aliphatic carboxylic acids is 1. The van der Waals surface area contributed by atoms with E-state index in [9.17, 15) is 9.59 Å². The van der Waals surface area contributed by atoms with Crippen LogP contribution in [0.2, 0.25) is 0 Å². The molecule has 1 unspecified atom stereocenters. The third-order valence-corrected chi connectivity index (χ3v) is 3.08. The van der Waals surface area contributed by atoms with E-state index in [2.05, 4.69) is 5.32 Å². The van der Waals surface area contributed by atoms with Gasteiger partial charge in [0, 0.05) is 0 Å². The van der Waals surface area contributed by atoms with Gasteiger partial charge in [0.1, 0.15) is 0 Å². The maximum absolute atomic E-state index is 11.7. The zero-order valence-corrected chi connectivity index (χ0v) is 9.58. The van der Waals surface area contributed by atoms with Crippen LogP contribution in [0.15, 0.2) is 11.4 Å². The van der Waals surface area contributed by atoms with Crippen LogP contribution in [0.1, 0.15) is 22.2 Å². The first kappa shape index (κ1) is 12.7. The van der Waals surface area contributed by atoms with Crippen molar-refractivity contribution in [2.75, 3.05) is 6.61 Å². The average molecular weight is 243 g/mol. The van der Waals surface area contributed by atoms with E-state index < -0.39 is 24.5 Å². The number of carbonyl (C=O) groups is 2. The molecule has 0 aliphatic carbocycles. The molecular weight excluding hydrogens is 230 g/mol. The van der Waals surface area contributed by atoms with Gasteiger partial charge in [-0.2, -0.15) is 0 Å². The highest BCUT2D eigenvalue weighted by Gasteiger charge is 2.21. The van der Waals surface area contributed by atoms with Crippen LogP contribution in [-0.2, 0) is 11.2 Å². The van der Waals surface area contributed by atoms with Crippen molar-refractivity contribution in [1.82, 2.24) is 5.32 Å². The number of hydrogen-bond acceptors (Lipinski definition) is 4. The largest absolute Gasteiger partial charge is 0.480 e. The Morgan fingerprint density at radius 2 is 2.25 bits per heavy atom. The molecule has 1 amide bonds. The maximum atomic E-state index is 11.7. The fourth-order valence-electron chi connectivity index (χ4n) is 1.22. The first-order valence-corrected chi connectivity index (χ1v) is 5.69. The Bertz CT molecular complexity index is 388. The van der Waals surface area contributed by atoms with E-state index in [4.69, 9.17) is 10.2 Å². The summed E-state index contributed by atoms with van der Waals surface area (Å²) in [5, 5.41) is 21.5. The number of thiophene rings is 1. The standard InChI is InChI=1S/C10H13NO4S/c1-2-6-3-4-16-8(6)9(13)11-7(5-12)10(14)15/h3-4,7,12H,2,5H2,1H3,(H,11,13)(H,14,15). The van der Waals surface area contributed by atoms with Gasteiger partial charge in [-0.15, -0.1) is 11.3 Å². The summed E-state index contributed by atoms with van der Waals surface area (Å²) in [4.78, 5) is 22.8. The Morgan fingerprint density at radius 1 is 1.56 bits per heavy atom. The Kier molecular flexibility index (Phi) is 4.45. The molecule has 3 N–H and O–H groups in total. The van der Waals surface area contributed by atoms with Crippen LogP contribution in [0.4, 0.5) is 0 Å². The number of aliphatic hydroxyl groups is 1. The van der Waals surface area contributed by atoms with E-state index in [1.807, 2.05) is 13.0 Å². The zero-order valence-electron chi connectivity index (χ0n) is 8.77. The molecule has 16 heavy (non-hydrogen) atoms. The summed E-state index contributed by atoms with van der Waals surface area (Å²) >= 11 is 1.26. The molecule has 0 aliphatic heterocycles. The third-order valence-electron chi connectivity index (χ3n) is 2.12. The monoisotopic (exact) mass is 243 g/mol. The van der Waals surface area contributed by atoms with Crippen molar-refractivity contribution in [3.05, 3.63) is 21.9 Å². The summed E-state index contributed by atoms with van der Waals surface area (Å²) in [6.07, 6.45) is 0.711. The Hall–Kier alpha value is -1.40. The first-order chi connectivity index (χ1) is 7.60. The number of rotatable bonds is 5. The Morgan fingerprint density at radius 3 is 2.75 bits per heavy atom. The summed E-state index contributed by atoms with van der Waals surface area (Å²) in [7, 11) is 0. The SMILES string of the molecule is CCc1ccsc1C(=O)NC(CO)C(=O)O. The van der Waals surface area contributed by atoms with Crippen LogP contribution in [0.3, 0.4) is 0 Å². The molecule has 88 valence electrons. The number of aryl methyl sites for hydroxylation is 1. The summed E-state index contributed by atoms with van der Waals surface area (Å²) in [5.41, 5.74) is 0.879. The highest BCUT2D eigenvalue weighted by atomic mass is 32.1. The summed E-state index contributed by atoms with van der Waals surface area (Å²) < 4.78 is 0. The van der Waals surface area contributed by atoms with Gasteiger partial charge < -0.3 is 15.5 Å². The van der Waals surface area contributed by atoms with Crippen molar-refractivity contribution in [2.24, 2.45) is 0 Å². The van der Waals surface area contributed by atoms with Gasteiger partial charge in [-0.25, -0.2) is 4.79 Å². The van der Waals surface area contributed by atoms with Crippen molar-refractivity contribution < 1.29 is 19.8 Å². The van der Waals surface area contributed by atoms with Crippen LogP contribution in [-0.4, -0.2) is 34.7 Å². The highest BCUT2D eigenvalue weighted by molar-refractivity contribution is 7.12.